The molecule has 2 aromatic carbocycles. The molecule has 0 bridgehead atoms. The number of nitrogens with zero attached hydrogens (tertiary/aromatic N) is 1. The molecule has 0 aromatic heterocycles. The van der Waals surface area contributed by atoms with E-state index in [-0.39, 0.29) is 18.4 Å². The van der Waals surface area contributed by atoms with Gasteiger partial charge in [-0.25, -0.2) is 9.18 Å². The van der Waals surface area contributed by atoms with Gasteiger partial charge in [0.25, 0.3) is 0 Å². The van der Waals surface area contributed by atoms with E-state index < -0.39 is 6.10 Å². The van der Waals surface area contributed by atoms with Gasteiger partial charge in [-0.15, -0.1) is 0 Å². The number of carbonyl (C=O) groups excluding carboxylic acids is 1. The van der Waals surface area contributed by atoms with Gasteiger partial charge in [-0.05, 0) is 54.3 Å². The smallest absolute Gasteiger partial charge is 0.314 e. The van der Waals surface area contributed by atoms with Gasteiger partial charge in [-0.2, -0.15) is 0 Å². The number of nitrogens with one attached hydrogen (secondary N) is 2. The second-order valence-electron chi connectivity index (χ2n) is 6.74. The van der Waals surface area contributed by atoms with Crippen molar-refractivity contribution in [2.75, 3.05) is 31.1 Å². The van der Waals surface area contributed by atoms with Crippen LogP contribution in [0.25, 0.3) is 0 Å². The van der Waals surface area contributed by atoms with Crippen molar-refractivity contribution in [3.05, 3.63) is 64.9 Å². The third kappa shape index (κ3) is 5.58. The van der Waals surface area contributed by atoms with Gasteiger partial charge in [0.15, 0.2) is 0 Å². The number of hydrogen-bond donors (Lipinski definition) is 3. The average Bonchev–Trinajstić information content (AvgIpc) is 3.14. The van der Waals surface area contributed by atoms with Crippen LogP contribution in [0.5, 0.6) is 0 Å². The highest BCUT2D eigenvalue weighted by Crippen LogP contribution is 2.24. The molecule has 0 radical (unpaired) electrons. The average molecular weight is 392 g/mol. The zero-order chi connectivity index (χ0) is 19.2. The molecule has 2 amide bonds. The molecule has 7 heteroatoms. The largest absolute Gasteiger partial charge is 0.387 e. The van der Waals surface area contributed by atoms with E-state index in [0.717, 1.165) is 30.2 Å². The fourth-order valence-electron chi connectivity index (χ4n) is 3.18. The van der Waals surface area contributed by atoms with Crippen LogP contribution in [0.4, 0.5) is 14.9 Å². The minimum atomic E-state index is -0.872. The van der Waals surface area contributed by atoms with E-state index in [1.807, 2.05) is 24.3 Å². The lowest BCUT2D eigenvalue weighted by Gasteiger charge is -2.19. The maximum absolute atomic E-state index is 12.9. The standard InChI is InChI=1S/C20H23ClFN3O2/c21-16-3-7-18(8-4-16)25-10-9-14(13-25)11-23-20(27)24-12-19(26)15-1-5-17(22)6-2-15/h1-8,14,19,26H,9-13H2,(H2,23,24,27). The summed E-state index contributed by atoms with van der Waals surface area (Å²) in [5.41, 5.74) is 1.69. The van der Waals surface area contributed by atoms with Crippen LogP contribution in [0.15, 0.2) is 48.5 Å². The minimum absolute atomic E-state index is 0.0685. The van der Waals surface area contributed by atoms with Crippen molar-refractivity contribution in [1.29, 1.82) is 0 Å². The molecule has 1 heterocycles. The molecular weight excluding hydrogens is 369 g/mol. The van der Waals surface area contributed by atoms with Crippen LogP contribution in [-0.2, 0) is 0 Å². The summed E-state index contributed by atoms with van der Waals surface area (Å²) in [7, 11) is 0. The number of carbonyl (C=O) groups is 1. The second-order valence-corrected chi connectivity index (χ2v) is 7.17. The number of aliphatic hydroxyl groups excluding tert-OH is 1. The van der Waals surface area contributed by atoms with Crippen molar-refractivity contribution < 1.29 is 14.3 Å². The molecule has 5 nitrogen and oxygen atoms in total. The third-order valence-corrected chi connectivity index (χ3v) is 4.99. The number of anilines is 1. The molecule has 2 atom stereocenters. The van der Waals surface area contributed by atoms with Crippen molar-refractivity contribution in [3.63, 3.8) is 0 Å². The lowest BCUT2D eigenvalue weighted by molar-refractivity contribution is 0.173. The maximum Gasteiger partial charge on any atom is 0.314 e. The highest BCUT2D eigenvalue weighted by Gasteiger charge is 2.23. The molecule has 144 valence electrons. The fraction of sp³-hybridized carbons (Fsp3) is 0.350. The summed E-state index contributed by atoms with van der Waals surface area (Å²) in [6, 6.07) is 13.0. The molecule has 1 fully saturated rings. The molecule has 2 aromatic rings. The Morgan fingerprint density at radius 1 is 1.19 bits per heavy atom. The molecule has 0 saturated carbocycles. The number of halogens is 2. The summed E-state index contributed by atoms with van der Waals surface area (Å²) in [5, 5.41) is 16.3. The zero-order valence-corrected chi connectivity index (χ0v) is 15.6. The molecule has 1 saturated heterocycles. The number of amides is 2. The number of rotatable bonds is 6. The maximum atomic E-state index is 12.9. The van der Waals surface area contributed by atoms with Gasteiger partial charge in [0.05, 0.1) is 6.10 Å². The lowest BCUT2D eigenvalue weighted by Crippen LogP contribution is -2.40. The van der Waals surface area contributed by atoms with Gasteiger partial charge in [0.1, 0.15) is 5.82 Å². The molecule has 27 heavy (non-hydrogen) atoms. The number of urea groups is 1. The molecule has 0 spiro atoms. The Morgan fingerprint density at radius 2 is 1.89 bits per heavy atom. The van der Waals surface area contributed by atoms with Crippen LogP contribution in [-0.4, -0.2) is 37.3 Å². The number of aliphatic hydroxyl groups is 1. The van der Waals surface area contributed by atoms with Crippen molar-refractivity contribution in [3.8, 4) is 0 Å². The first kappa shape index (κ1) is 19.5. The van der Waals surface area contributed by atoms with E-state index >= 15 is 0 Å². The summed E-state index contributed by atoms with van der Waals surface area (Å²) in [6.07, 6.45) is 0.129. The van der Waals surface area contributed by atoms with Crippen molar-refractivity contribution in [2.45, 2.75) is 12.5 Å². The van der Waals surface area contributed by atoms with E-state index in [2.05, 4.69) is 15.5 Å². The Morgan fingerprint density at radius 3 is 2.59 bits per heavy atom. The lowest BCUT2D eigenvalue weighted by atomic mass is 10.1. The highest BCUT2D eigenvalue weighted by molar-refractivity contribution is 6.30. The van der Waals surface area contributed by atoms with Gasteiger partial charge in [-0.3, -0.25) is 0 Å². The van der Waals surface area contributed by atoms with Crippen LogP contribution in [0, 0.1) is 11.7 Å². The first-order valence-electron chi connectivity index (χ1n) is 8.97. The Labute approximate surface area is 163 Å². The van der Waals surface area contributed by atoms with Gasteiger partial charge >= 0.3 is 6.03 Å². The predicted molar refractivity (Wildman–Crippen MR) is 105 cm³/mol. The first-order chi connectivity index (χ1) is 13.0. The summed E-state index contributed by atoms with van der Waals surface area (Å²) in [4.78, 5) is 14.2. The van der Waals surface area contributed by atoms with E-state index in [0.29, 0.717) is 18.0 Å². The van der Waals surface area contributed by atoms with Gasteiger partial charge in [0, 0.05) is 36.9 Å². The molecule has 3 rings (SSSR count). The Kier molecular flexibility index (Phi) is 6.53. The highest BCUT2D eigenvalue weighted by atomic mass is 35.5. The molecular formula is C20H23ClFN3O2. The second kappa shape index (κ2) is 9.06. The molecule has 1 aliphatic rings. The topological polar surface area (TPSA) is 64.6 Å². The minimum Gasteiger partial charge on any atom is -0.387 e. The monoisotopic (exact) mass is 391 g/mol. The van der Waals surface area contributed by atoms with Gasteiger partial charge < -0.3 is 20.6 Å². The summed E-state index contributed by atoms with van der Waals surface area (Å²) >= 11 is 5.92. The Balaban J connectivity index is 1.38. The molecule has 3 N–H and O–H groups in total. The quantitative estimate of drug-likeness (QED) is 0.707. The van der Waals surface area contributed by atoms with Crippen LogP contribution >= 0.6 is 11.6 Å². The van der Waals surface area contributed by atoms with E-state index in [9.17, 15) is 14.3 Å². The number of hydrogen-bond acceptors (Lipinski definition) is 3. The Bertz CT molecular complexity index is 755. The van der Waals surface area contributed by atoms with Crippen molar-refractivity contribution >= 4 is 23.3 Å². The van der Waals surface area contributed by atoms with Crippen molar-refractivity contribution in [2.24, 2.45) is 5.92 Å². The van der Waals surface area contributed by atoms with Crippen LogP contribution in [0.1, 0.15) is 18.1 Å². The molecule has 0 aliphatic carbocycles. The molecule has 1 aliphatic heterocycles. The zero-order valence-electron chi connectivity index (χ0n) is 14.9. The summed E-state index contributed by atoms with van der Waals surface area (Å²) in [5.74, 6) is 0.00862. The van der Waals surface area contributed by atoms with Crippen LogP contribution < -0.4 is 15.5 Å². The summed E-state index contributed by atoms with van der Waals surface area (Å²) in [6.45, 7) is 2.46. The van der Waals surface area contributed by atoms with E-state index in [4.69, 9.17) is 11.6 Å². The van der Waals surface area contributed by atoms with Gasteiger partial charge in [-0.1, -0.05) is 23.7 Å². The third-order valence-electron chi connectivity index (χ3n) is 4.74. The number of benzene rings is 2. The summed E-state index contributed by atoms with van der Waals surface area (Å²) < 4.78 is 12.9. The van der Waals surface area contributed by atoms with E-state index in [1.165, 1.54) is 24.3 Å². The first-order valence-corrected chi connectivity index (χ1v) is 9.35. The van der Waals surface area contributed by atoms with E-state index in [1.54, 1.807) is 0 Å². The Hall–Kier alpha value is -2.31. The SMILES string of the molecule is O=C(NCC1CCN(c2ccc(Cl)cc2)C1)NCC(O)c1ccc(F)cc1. The fourth-order valence-corrected chi connectivity index (χ4v) is 3.30. The van der Waals surface area contributed by atoms with Crippen LogP contribution in [0.3, 0.4) is 0 Å². The normalized spacial score (nSPS) is 17.6. The molecule has 2 unspecified atom stereocenters. The van der Waals surface area contributed by atoms with Crippen LogP contribution in [0.2, 0.25) is 5.02 Å². The van der Waals surface area contributed by atoms with Crippen molar-refractivity contribution in [1.82, 2.24) is 10.6 Å². The van der Waals surface area contributed by atoms with Gasteiger partial charge in [0.2, 0.25) is 0 Å². The predicted octanol–water partition coefficient (Wildman–Crippen LogP) is 3.34.